The molecule has 160 valence electrons. The van der Waals surface area contributed by atoms with Crippen molar-refractivity contribution in [2.24, 2.45) is 0 Å². The number of carbonyl (C=O) groups is 1. The Morgan fingerprint density at radius 1 is 1.13 bits per heavy atom. The molecule has 0 radical (unpaired) electrons. The third-order valence-corrected chi connectivity index (χ3v) is 5.66. The van der Waals surface area contributed by atoms with Gasteiger partial charge < -0.3 is 14.5 Å². The molecule has 5 heteroatoms. The average Bonchev–Trinajstić information content (AvgIpc) is 3.30. The molecule has 1 amide bonds. The van der Waals surface area contributed by atoms with Crippen LogP contribution >= 0.6 is 0 Å². The van der Waals surface area contributed by atoms with Gasteiger partial charge in [0.2, 0.25) is 5.91 Å². The number of amides is 1. The summed E-state index contributed by atoms with van der Waals surface area (Å²) in [6, 6.07) is 18.3. The van der Waals surface area contributed by atoms with Gasteiger partial charge >= 0.3 is 0 Å². The Hall–Kier alpha value is -3.18. The molecular weight excluding hydrogens is 386 g/mol. The van der Waals surface area contributed by atoms with Crippen LogP contribution in [0.1, 0.15) is 24.0 Å². The van der Waals surface area contributed by atoms with Crippen molar-refractivity contribution in [3.63, 3.8) is 0 Å². The summed E-state index contributed by atoms with van der Waals surface area (Å²) < 4.78 is 5.81. The van der Waals surface area contributed by atoms with E-state index in [1.165, 1.54) is 0 Å². The molecule has 1 aromatic heterocycles. The SMILES string of the molecule is CN(C)c1ccc(CN(CC2CCCO2)C(=O)/C=C/c2cccc3cccnc23)cc1. The van der Waals surface area contributed by atoms with Crippen LogP contribution in [0.5, 0.6) is 0 Å². The van der Waals surface area contributed by atoms with Crippen molar-refractivity contribution in [3.8, 4) is 0 Å². The highest BCUT2D eigenvalue weighted by Crippen LogP contribution is 2.20. The van der Waals surface area contributed by atoms with E-state index in [9.17, 15) is 4.79 Å². The van der Waals surface area contributed by atoms with E-state index < -0.39 is 0 Å². The lowest BCUT2D eigenvalue weighted by Crippen LogP contribution is -2.35. The van der Waals surface area contributed by atoms with Crippen LogP contribution in [0.15, 0.2) is 66.9 Å². The molecule has 0 aliphatic carbocycles. The molecule has 31 heavy (non-hydrogen) atoms. The van der Waals surface area contributed by atoms with Crippen molar-refractivity contribution in [1.29, 1.82) is 0 Å². The summed E-state index contributed by atoms with van der Waals surface area (Å²) in [5.74, 6) is -0.0138. The van der Waals surface area contributed by atoms with Gasteiger partial charge in [-0.1, -0.05) is 36.4 Å². The number of hydrogen-bond donors (Lipinski definition) is 0. The van der Waals surface area contributed by atoms with E-state index in [2.05, 4.69) is 34.1 Å². The monoisotopic (exact) mass is 415 g/mol. The lowest BCUT2D eigenvalue weighted by atomic mass is 10.1. The van der Waals surface area contributed by atoms with Crippen LogP contribution in [0.2, 0.25) is 0 Å². The fraction of sp³-hybridized carbons (Fsp3) is 0.308. The highest BCUT2D eigenvalue weighted by Gasteiger charge is 2.22. The van der Waals surface area contributed by atoms with E-state index in [0.29, 0.717) is 13.1 Å². The van der Waals surface area contributed by atoms with Crippen LogP contribution in [0.3, 0.4) is 0 Å². The molecule has 1 saturated heterocycles. The van der Waals surface area contributed by atoms with Gasteiger partial charge in [0.05, 0.1) is 11.6 Å². The Kier molecular flexibility index (Phi) is 6.63. The molecule has 1 aliphatic rings. The Morgan fingerprint density at radius 3 is 2.68 bits per heavy atom. The molecule has 1 atom stereocenters. The Bertz CT molecular complexity index is 1050. The number of aromatic nitrogens is 1. The van der Waals surface area contributed by atoms with Gasteiger partial charge in [-0.05, 0) is 42.7 Å². The van der Waals surface area contributed by atoms with Gasteiger partial charge in [-0.2, -0.15) is 0 Å². The first kappa shape index (κ1) is 21.1. The van der Waals surface area contributed by atoms with E-state index >= 15 is 0 Å². The van der Waals surface area contributed by atoms with Gasteiger partial charge in [0.1, 0.15) is 0 Å². The summed E-state index contributed by atoms with van der Waals surface area (Å²) in [6.07, 6.45) is 7.48. The maximum atomic E-state index is 13.2. The molecule has 0 spiro atoms. The van der Waals surface area contributed by atoms with Crippen LogP contribution in [-0.2, 0) is 16.1 Å². The second-order valence-corrected chi connectivity index (χ2v) is 8.17. The minimum atomic E-state index is -0.0138. The Balaban J connectivity index is 1.53. The van der Waals surface area contributed by atoms with E-state index in [0.717, 1.165) is 47.2 Å². The quantitative estimate of drug-likeness (QED) is 0.532. The molecule has 2 heterocycles. The fourth-order valence-corrected chi connectivity index (χ4v) is 3.92. The zero-order chi connectivity index (χ0) is 21.6. The molecule has 2 aromatic carbocycles. The van der Waals surface area contributed by atoms with E-state index in [4.69, 9.17) is 4.74 Å². The summed E-state index contributed by atoms with van der Waals surface area (Å²) in [5, 5.41) is 1.06. The lowest BCUT2D eigenvalue weighted by Gasteiger charge is -2.25. The van der Waals surface area contributed by atoms with Gasteiger partial charge in [0, 0.05) is 62.7 Å². The summed E-state index contributed by atoms with van der Waals surface area (Å²) in [7, 11) is 4.05. The van der Waals surface area contributed by atoms with E-state index in [-0.39, 0.29) is 12.0 Å². The van der Waals surface area contributed by atoms with Crippen molar-refractivity contribution in [1.82, 2.24) is 9.88 Å². The second-order valence-electron chi connectivity index (χ2n) is 8.17. The zero-order valence-electron chi connectivity index (χ0n) is 18.2. The molecule has 1 fully saturated rings. The Morgan fingerprint density at radius 2 is 1.94 bits per heavy atom. The molecule has 1 aliphatic heterocycles. The molecular formula is C26H29N3O2. The molecule has 1 unspecified atom stereocenters. The first-order chi connectivity index (χ1) is 15.1. The van der Waals surface area contributed by atoms with Crippen LogP contribution in [0.25, 0.3) is 17.0 Å². The van der Waals surface area contributed by atoms with Crippen LogP contribution in [-0.4, -0.2) is 49.1 Å². The van der Waals surface area contributed by atoms with E-state index in [1.807, 2.05) is 55.4 Å². The first-order valence-corrected chi connectivity index (χ1v) is 10.8. The van der Waals surface area contributed by atoms with Gasteiger partial charge in [0.15, 0.2) is 0 Å². The number of hydrogen-bond acceptors (Lipinski definition) is 4. The van der Waals surface area contributed by atoms with Gasteiger partial charge in [-0.15, -0.1) is 0 Å². The van der Waals surface area contributed by atoms with Gasteiger partial charge in [-0.3, -0.25) is 9.78 Å². The third-order valence-electron chi connectivity index (χ3n) is 5.66. The summed E-state index contributed by atoms with van der Waals surface area (Å²) in [6.45, 7) is 1.94. The second kappa shape index (κ2) is 9.75. The molecule has 4 rings (SSSR count). The largest absolute Gasteiger partial charge is 0.378 e. The van der Waals surface area contributed by atoms with Crippen molar-refractivity contribution in [2.45, 2.75) is 25.5 Å². The van der Waals surface area contributed by atoms with Crippen molar-refractivity contribution >= 4 is 28.6 Å². The van der Waals surface area contributed by atoms with Crippen molar-refractivity contribution in [2.75, 3.05) is 32.1 Å². The van der Waals surface area contributed by atoms with Crippen LogP contribution < -0.4 is 4.90 Å². The number of fused-ring (bicyclic) bond motifs is 1. The topological polar surface area (TPSA) is 45.7 Å². The maximum Gasteiger partial charge on any atom is 0.246 e. The standard InChI is InChI=1S/C26H29N3O2/c1-28(2)23-13-10-20(11-14-23)18-29(19-24-9-5-17-31-24)25(30)15-12-22-7-3-6-21-8-4-16-27-26(21)22/h3-4,6-8,10-16,24H,5,9,17-19H2,1-2H3/b15-12+. The molecule has 0 bridgehead atoms. The number of rotatable bonds is 7. The minimum Gasteiger partial charge on any atom is -0.378 e. The number of para-hydroxylation sites is 1. The number of carbonyl (C=O) groups excluding carboxylic acids is 1. The predicted octanol–water partition coefficient (Wildman–Crippen LogP) is 4.52. The average molecular weight is 416 g/mol. The maximum absolute atomic E-state index is 13.2. The summed E-state index contributed by atoms with van der Waals surface area (Å²) in [4.78, 5) is 21.6. The fourth-order valence-electron chi connectivity index (χ4n) is 3.92. The number of pyridine rings is 1. The van der Waals surface area contributed by atoms with Crippen molar-refractivity contribution < 1.29 is 9.53 Å². The number of ether oxygens (including phenoxy) is 1. The Labute approximate surface area is 184 Å². The number of benzene rings is 2. The normalized spacial score (nSPS) is 16.1. The summed E-state index contributed by atoms with van der Waals surface area (Å²) >= 11 is 0. The molecule has 0 N–H and O–H groups in total. The highest BCUT2D eigenvalue weighted by molar-refractivity contribution is 5.95. The lowest BCUT2D eigenvalue weighted by molar-refractivity contribution is -0.128. The smallest absolute Gasteiger partial charge is 0.246 e. The predicted molar refractivity (Wildman–Crippen MR) is 126 cm³/mol. The van der Waals surface area contributed by atoms with Gasteiger partial charge in [-0.25, -0.2) is 0 Å². The minimum absolute atomic E-state index is 0.0138. The number of anilines is 1. The summed E-state index contributed by atoms with van der Waals surface area (Å²) in [5.41, 5.74) is 4.10. The molecule has 0 saturated carbocycles. The van der Waals surface area contributed by atoms with Crippen LogP contribution in [0, 0.1) is 0 Å². The molecule has 5 nitrogen and oxygen atoms in total. The zero-order valence-corrected chi connectivity index (χ0v) is 18.2. The number of nitrogens with zero attached hydrogens (tertiary/aromatic N) is 3. The first-order valence-electron chi connectivity index (χ1n) is 10.8. The molecule has 3 aromatic rings. The highest BCUT2D eigenvalue weighted by atomic mass is 16.5. The third kappa shape index (κ3) is 5.30. The van der Waals surface area contributed by atoms with E-state index in [1.54, 1.807) is 12.3 Å². The van der Waals surface area contributed by atoms with Crippen molar-refractivity contribution in [3.05, 3.63) is 78.0 Å². The van der Waals surface area contributed by atoms with Gasteiger partial charge in [0.25, 0.3) is 0 Å². The van der Waals surface area contributed by atoms with Crippen LogP contribution in [0.4, 0.5) is 5.69 Å².